The van der Waals surface area contributed by atoms with Crippen LogP contribution < -0.4 is 0 Å². The van der Waals surface area contributed by atoms with Gasteiger partial charge in [-0.05, 0) is 109 Å². The Morgan fingerprint density at radius 1 is 0.328 bits per heavy atom. The summed E-state index contributed by atoms with van der Waals surface area (Å²) in [6.45, 7) is 6.07. The molecule has 0 bridgehead atoms. The van der Waals surface area contributed by atoms with E-state index >= 15 is 0 Å². The molecule has 6 heteroatoms. The van der Waals surface area contributed by atoms with E-state index in [1.807, 2.05) is 48.6 Å². The molecule has 1 atom stereocenters. The van der Waals surface area contributed by atoms with Gasteiger partial charge in [-0.15, -0.1) is 0 Å². The van der Waals surface area contributed by atoms with Gasteiger partial charge in [-0.2, -0.15) is 0 Å². The first-order valence-electron chi connectivity index (χ1n) is 24.2. The molecule has 1 unspecified atom stereocenters. The van der Waals surface area contributed by atoms with Crippen LogP contribution in [0.3, 0.4) is 0 Å². The normalized spacial score (nSPS) is 13.6. The van der Waals surface area contributed by atoms with Crippen molar-refractivity contribution in [2.75, 3.05) is 13.2 Å². The maximum Gasteiger partial charge on any atom is 0.306 e. The summed E-state index contributed by atoms with van der Waals surface area (Å²) in [4.78, 5) is 37.9. The first-order valence-corrected chi connectivity index (χ1v) is 24.2. The van der Waals surface area contributed by atoms with Gasteiger partial charge in [-0.1, -0.05) is 197 Å². The molecule has 64 heavy (non-hydrogen) atoms. The van der Waals surface area contributed by atoms with Gasteiger partial charge in [0, 0.05) is 19.3 Å². The Balaban J connectivity index is 4.70. The molecule has 0 aromatic rings. The molecule has 0 radical (unpaired) electrons. The van der Waals surface area contributed by atoms with Crippen molar-refractivity contribution in [1.29, 1.82) is 0 Å². The number of hydrogen-bond acceptors (Lipinski definition) is 6. The lowest BCUT2D eigenvalue weighted by Crippen LogP contribution is -2.30. The molecule has 0 aromatic carbocycles. The number of hydrogen-bond donors (Lipinski definition) is 0. The number of unbranched alkanes of at least 4 members (excludes halogenated alkanes) is 4. The molecular weight excluding hydrogens is 793 g/mol. The zero-order valence-electron chi connectivity index (χ0n) is 40.0. The molecule has 0 saturated carbocycles. The summed E-state index contributed by atoms with van der Waals surface area (Å²) >= 11 is 0. The van der Waals surface area contributed by atoms with Crippen molar-refractivity contribution >= 4 is 17.9 Å². The summed E-state index contributed by atoms with van der Waals surface area (Å²) in [5.41, 5.74) is 0. The van der Waals surface area contributed by atoms with Crippen LogP contribution in [0.15, 0.2) is 170 Å². The molecule has 0 spiro atoms. The van der Waals surface area contributed by atoms with Gasteiger partial charge in [0.05, 0.1) is 0 Å². The van der Waals surface area contributed by atoms with Crippen molar-refractivity contribution in [1.82, 2.24) is 0 Å². The van der Waals surface area contributed by atoms with Crippen LogP contribution in [0.25, 0.3) is 0 Å². The first kappa shape index (κ1) is 58.8. The second-order valence-electron chi connectivity index (χ2n) is 15.0. The van der Waals surface area contributed by atoms with Gasteiger partial charge in [-0.25, -0.2) is 0 Å². The molecule has 0 heterocycles. The fourth-order valence-electron chi connectivity index (χ4n) is 5.53. The summed E-state index contributed by atoms with van der Waals surface area (Å²) in [5, 5.41) is 0. The van der Waals surface area contributed by atoms with Crippen molar-refractivity contribution in [2.24, 2.45) is 0 Å². The van der Waals surface area contributed by atoms with Crippen LogP contribution >= 0.6 is 0 Å². The van der Waals surface area contributed by atoms with Crippen LogP contribution in [-0.2, 0) is 28.6 Å². The van der Waals surface area contributed by atoms with E-state index in [2.05, 4.69) is 142 Å². The predicted octanol–water partition coefficient (Wildman–Crippen LogP) is 16.0. The topological polar surface area (TPSA) is 78.9 Å². The minimum absolute atomic E-state index is 0.155. The maximum atomic E-state index is 12.7. The number of esters is 3. The van der Waals surface area contributed by atoms with Crippen LogP contribution in [-0.4, -0.2) is 37.2 Å². The fourth-order valence-corrected chi connectivity index (χ4v) is 5.53. The Morgan fingerprint density at radius 3 is 1.14 bits per heavy atom. The third-order valence-electron chi connectivity index (χ3n) is 9.06. The lowest BCUT2D eigenvalue weighted by molar-refractivity contribution is -0.166. The highest BCUT2D eigenvalue weighted by Gasteiger charge is 2.19. The Bertz CT molecular complexity index is 1570. The first-order chi connectivity index (χ1) is 31.5. The highest BCUT2D eigenvalue weighted by atomic mass is 16.6. The zero-order chi connectivity index (χ0) is 46.5. The largest absolute Gasteiger partial charge is 0.462 e. The van der Waals surface area contributed by atoms with Crippen molar-refractivity contribution in [3.63, 3.8) is 0 Å². The number of carbonyl (C=O) groups is 3. The third-order valence-corrected chi connectivity index (χ3v) is 9.06. The molecule has 0 fully saturated rings. The van der Waals surface area contributed by atoms with E-state index in [1.54, 1.807) is 0 Å². The molecule has 352 valence electrons. The molecule has 0 aliphatic carbocycles. The predicted molar refractivity (Wildman–Crippen MR) is 274 cm³/mol. The summed E-state index contributed by atoms with van der Waals surface area (Å²) in [5.74, 6) is -1.15. The second-order valence-corrected chi connectivity index (χ2v) is 15.0. The third kappa shape index (κ3) is 47.8. The number of allylic oxidation sites excluding steroid dienone is 28. The average Bonchev–Trinajstić information content (AvgIpc) is 3.29. The summed E-state index contributed by atoms with van der Waals surface area (Å²) in [6, 6.07) is 0. The van der Waals surface area contributed by atoms with Gasteiger partial charge in [0.25, 0.3) is 0 Å². The lowest BCUT2D eigenvalue weighted by atomic mass is 10.1. The zero-order valence-corrected chi connectivity index (χ0v) is 40.0. The Morgan fingerprint density at radius 2 is 0.688 bits per heavy atom. The van der Waals surface area contributed by atoms with Crippen molar-refractivity contribution < 1.29 is 28.6 Å². The second kappa shape index (κ2) is 50.4. The molecule has 0 saturated heterocycles. The van der Waals surface area contributed by atoms with Gasteiger partial charge in [-0.3, -0.25) is 14.4 Å². The highest BCUT2D eigenvalue weighted by molar-refractivity contribution is 5.71. The quantitative estimate of drug-likeness (QED) is 0.0201. The Hall–Kier alpha value is -5.23. The molecule has 0 N–H and O–H groups in total. The van der Waals surface area contributed by atoms with Gasteiger partial charge < -0.3 is 14.2 Å². The minimum Gasteiger partial charge on any atom is -0.462 e. The smallest absolute Gasteiger partial charge is 0.306 e. The standard InChI is InChI=1S/C58H84O6/c1-4-7-10-13-16-19-22-25-27-29-31-33-36-39-42-45-48-51-57(60)63-54-55(53-62-56(59)50-47-44-41-38-35-32-24-21-18-15-12-9-6-3)64-58(61)52-49-46-43-40-37-34-30-28-26-23-20-17-14-11-8-5-2/h7-12,15-21,24-28,31-35,37,39,42-43,46,55H,4-6,13-14,22-23,29-30,36,38,40-41,44-45,47-54H2,1-3H3/b10-7-,11-8-,12-9-,18-15-,19-16-,20-17-,24-21-,27-25-,28-26-,33-31-,35-32-,37-34-,42-39-,46-43-. The van der Waals surface area contributed by atoms with Crippen LogP contribution in [0.2, 0.25) is 0 Å². The molecular formula is C58H84O6. The summed E-state index contributed by atoms with van der Waals surface area (Å²) in [6.07, 6.45) is 75.0. The summed E-state index contributed by atoms with van der Waals surface area (Å²) in [7, 11) is 0. The van der Waals surface area contributed by atoms with Crippen molar-refractivity contribution in [3.8, 4) is 0 Å². The lowest BCUT2D eigenvalue weighted by Gasteiger charge is -2.18. The van der Waals surface area contributed by atoms with Crippen molar-refractivity contribution in [3.05, 3.63) is 170 Å². The van der Waals surface area contributed by atoms with E-state index in [0.717, 1.165) is 96.3 Å². The fraction of sp³-hybridized carbons (Fsp3) is 0.466. The van der Waals surface area contributed by atoms with E-state index < -0.39 is 12.1 Å². The molecule has 0 aromatic heterocycles. The highest BCUT2D eigenvalue weighted by Crippen LogP contribution is 2.09. The Labute approximate surface area is 390 Å². The SMILES string of the molecule is CC\C=C/C=C\C=C/C=C\CCCCCC(=O)OCC(COC(=O)CCC/C=C\C/C=C\C/C=C\C/C=C\C/C=C\CC)OC(=O)CC/C=C\C/C=C\C/C=C\C/C=C\C/C=C\CC. The van der Waals surface area contributed by atoms with Gasteiger partial charge >= 0.3 is 17.9 Å². The molecule has 0 amide bonds. The van der Waals surface area contributed by atoms with E-state index in [4.69, 9.17) is 14.2 Å². The Kier molecular flexibility index (Phi) is 46.3. The van der Waals surface area contributed by atoms with Crippen LogP contribution in [0, 0.1) is 0 Å². The van der Waals surface area contributed by atoms with Crippen LogP contribution in [0.5, 0.6) is 0 Å². The number of rotatable bonds is 40. The number of ether oxygens (including phenoxy) is 3. The van der Waals surface area contributed by atoms with E-state index in [1.165, 1.54) is 0 Å². The molecule has 0 aliphatic rings. The van der Waals surface area contributed by atoms with Gasteiger partial charge in [0.2, 0.25) is 0 Å². The minimum atomic E-state index is -0.865. The molecule has 0 aliphatic heterocycles. The van der Waals surface area contributed by atoms with Crippen LogP contribution in [0.1, 0.15) is 156 Å². The molecule has 6 nitrogen and oxygen atoms in total. The van der Waals surface area contributed by atoms with E-state index in [-0.39, 0.29) is 44.4 Å². The van der Waals surface area contributed by atoms with Crippen LogP contribution in [0.4, 0.5) is 0 Å². The van der Waals surface area contributed by atoms with Gasteiger partial charge in [0.1, 0.15) is 13.2 Å². The van der Waals surface area contributed by atoms with E-state index in [9.17, 15) is 14.4 Å². The van der Waals surface area contributed by atoms with Crippen molar-refractivity contribution in [2.45, 2.75) is 162 Å². The maximum absolute atomic E-state index is 12.7. The average molecular weight is 877 g/mol. The monoisotopic (exact) mass is 877 g/mol. The number of carbonyl (C=O) groups excluding carboxylic acids is 3. The van der Waals surface area contributed by atoms with E-state index in [0.29, 0.717) is 19.3 Å². The molecule has 0 rings (SSSR count). The van der Waals surface area contributed by atoms with Gasteiger partial charge in [0.15, 0.2) is 6.10 Å². The summed E-state index contributed by atoms with van der Waals surface area (Å²) < 4.78 is 16.6.